The summed E-state index contributed by atoms with van der Waals surface area (Å²) in [5.41, 5.74) is 1.30. The van der Waals surface area contributed by atoms with Gasteiger partial charge in [0.15, 0.2) is 34.9 Å². The molecule has 2 aliphatic heterocycles. The van der Waals surface area contributed by atoms with Gasteiger partial charge in [0.1, 0.15) is 17.2 Å². The van der Waals surface area contributed by atoms with Crippen LogP contribution < -0.4 is 9.47 Å². The van der Waals surface area contributed by atoms with Crippen LogP contribution in [0.3, 0.4) is 0 Å². The summed E-state index contributed by atoms with van der Waals surface area (Å²) in [5, 5.41) is 70.4. The fraction of sp³-hybridized carbons (Fsp3) is 0.208. The summed E-state index contributed by atoms with van der Waals surface area (Å²) in [6, 6.07) is 7.66. The summed E-state index contributed by atoms with van der Waals surface area (Å²) >= 11 is 0. The lowest BCUT2D eigenvalue weighted by Gasteiger charge is -2.36. The molecule has 3 atom stereocenters. The van der Waals surface area contributed by atoms with Crippen LogP contribution in [0.4, 0.5) is 0 Å². The number of phenols is 6. The molecule has 0 aliphatic carbocycles. The molecule has 10 nitrogen and oxygen atoms in total. The maximum atomic E-state index is 12.3. The lowest BCUT2D eigenvalue weighted by molar-refractivity contribution is -0.135. The van der Waals surface area contributed by atoms with Gasteiger partial charge in [-0.2, -0.15) is 0 Å². The Labute approximate surface area is 192 Å². The van der Waals surface area contributed by atoms with Crippen LogP contribution in [-0.2, 0) is 11.2 Å². The maximum absolute atomic E-state index is 12.3. The standard InChI is InChI=1S/C24H20O10/c25-13-2-1-9(3-15(13)27)11-7-20(31)33-19-8-14(26)12-6-18(30)23(34-24(12)21(11)19)10-4-16(28)22(32)17(29)5-10/h1-5,8,11,18,23,25-30,32H,6-7H2/t11-,18-,23-/m0/s1. The highest BCUT2D eigenvalue weighted by Crippen LogP contribution is 2.53. The van der Waals surface area contributed by atoms with Crippen molar-refractivity contribution < 1.29 is 50.0 Å². The Kier molecular flexibility index (Phi) is 4.83. The van der Waals surface area contributed by atoms with E-state index < -0.39 is 41.3 Å². The number of rotatable bonds is 2. The lowest BCUT2D eigenvalue weighted by atomic mass is 9.82. The molecule has 0 fully saturated rings. The van der Waals surface area contributed by atoms with Crippen molar-refractivity contribution in [3.8, 4) is 46.0 Å². The predicted octanol–water partition coefficient (Wildman–Crippen LogP) is 2.40. The van der Waals surface area contributed by atoms with Gasteiger partial charge in [-0.25, -0.2) is 0 Å². The molecule has 0 radical (unpaired) electrons. The van der Waals surface area contributed by atoms with Gasteiger partial charge in [0.25, 0.3) is 0 Å². The van der Waals surface area contributed by atoms with Crippen molar-refractivity contribution in [1.29, 1.82) is 0 Å². The summed E-state index contributed by atoms with van der Waals surface area (Å²) in [5.74, 6) is -3.98. The van der Waals surface area contributed by atoms with E-state index in [0.717, 1.165) is 12.1 Å². The number of hydrogen-bond acceptors (Lipinski definition) is 10. The van der Waals surface area contributed by atoms with Gasteiger partial charge in [0.2, 0.25) is 0 Å². The number of aliphatic hydroxyl groups excluding tert-OH is 1. The number of aromatic hydroxyl groups is 6. The number of phenolic OH excluding ortho intramolecular Hbond substituents is 6. The first-order chi connectivity index (χ1) is 16.1. The van der Waals surface area contributed by atoms with E-state index in [0.29, 0.717) is 11.1 Å². The molecule has 0 unspecified atom stereocenters. The molecule has 5 rings (SSSR count). The molecule has 0 bridgehead atoms. The van der Waals surface area contributed by atoms with E-state index in [4.69, 9.17) is 9.47 Å². The zero-order valence-electron chi connectivity index (χ0n) is 17.5. The van der Waals surface area contributed by atoms with E-state index in [-0.39, 0.29) is 52.7 Å². The average molecular weight is 468 g/mol. The molecule has 34 heavy (non-hydrogen) atoms. The zero-order chi connectivity index (χ0) is 24.3. The molecule has 2 heterocycles. The normalized spacial score (nSPS) is 21.2. The molecule has 2 aliphatic rings. The molecule has 0 saturated heterocycles. The van der Waals surface area contributed by atoms with Gasteiger partial charge in [-0.1, -0.05) is 6.07 Å². The second-order valence-electron chi connectivity index (χ2n) is 8.31. The van der Waals surface area contributed by atoms with Crippen LogP contribution in [0.5, 0.6) is 46.0 Å². The number of carbonyl (C=O) groups is 1. The first kappa shape index (κ1) is 21.5. The Bertz CT molecular complexity index is 1310. The number of hydrogen-bond donors (Lipinski definition) is 7. The summed E-state index contributed by atoms with van der Waals surface area (Å²) in [7, 11) is 0. The topological polar surface area (TPSA) is 177 Å². The quantitative estimate of drug-likeness (QED) is 0.168. The number of benzene rings is 3. The lowest BCUT2D eigenvalue weighted by Crippen LogP contribution is -2.32. The molecule has 3 aromatic rings. The van der Waals surface area contributed by atoms with E-state index in [1.807, 2.05) is 0 Å². The van der Waals surface area contributed by atoms with E-state index in [1.165, 1.54) is 24.3 Å². The van der Waals surface area contributed by atoms with Gasteiger partial charge in [0.05, 0.1) is 12.5 Å². The van der Waals surface area contributed by atoms with Crippen molar-refractivity contribution >= 4 is 5.97 Å². The Morgan fingerprint density at radius 1 is 0.765 bits per heavy atom. The van der Waals surface area contributed by atoms with Crippen LogP contribution in [0.2, 0.25) is 0 Å². The van der Waals surface area contributed by atoms with Crippen LogP contribution in [0.25, 0.3) is 0 Å². The highest BCUT2D eigenvalue weighted by Gasteiger charge is 2.40. The predicted molar refractivity (Wildman–Crippen MR) is 114 cm³/mol. The van der Waals surface area contributed by atoms with E-state index in [2.05, 4.69) is 0 Å². The maximum Gasteiger partial charge on any atom is 0.312 e. The molecule has 7 N–H and O–H groups in total. The van der Waals surface area contributed by atoms with E-state index in [9.17, 15) is 40.5 Å². The average Bonchev–Trinajstić information content (AvgIpc) is 2.78. The molecule has 0 aromatic heterocycles. The Balaban J connectivity index is 1.67. The van der Waals surface area contributed by atoms with Crippen molar-refractivity contribution in [3.05, 3.63) is 58.7 Å². The second kappa shape index (κ2) is 7.63. The van der Waals surface area contributed by atoms with Crippen LogP contribution in [0.15, 0.2) is 36.4 Å². The fourth-order valence-corrected chi connectivity index (χ4v) is 4.50. The van der Waals surface area contributed by atoms with Gasteiger partial charge in [-0.05, 0) is 29.8 Å². The van der Waals surface area contributed by atoms with Gasteiger partial charge in [-0.3, -0.25) is 4.79 Å². The first-order valence-corrected chi connectivity index (χ1v) is 10.3. The smallest absolute Gasteiger partial charge is 0.312 e. The molecular weight excluding hydrogens is 448 g/mol. The summed E-state index contributed by atoms with van der Waals surface area (Å²) in [6.45, 7) is 0. The van der Waals surface area contributed by atoms with E-state index in [1.54, 1.807) is 0 Å². The first-order valence-electron chi connectivity index (χ1n) is 10.3. The highest BCUT2D eigenvalue weighted by molar-refractivity contribution is 5.80. The third-order valence-electron chi connectivity index (χ3n) is 6.13. The summed E-state index contributed by atoms with van der Waals surface area (Å²) < 4.78 is 11.4. The second-order valence-corrected chi connectivity index (χ2v) is 8.31. The molecule has 0 saturated carbocycles. The molecule has 0 spiro atoms. The van der Waals surface area contributed by atoms with Crippen molar-refractivity contribution in [2.24, 2.45) is 0 Å². The number of esters is 1. The minimum absolute atomic E-state index is 0.0385. The van der Waals surface area contributed by atoms with Crippen molar-refractivity contribution in [2.45, 2.75) is 31.0 Å². The molecule has 10 heteroatoms. The Hall–Kier alpha value is -4.31. The van der Waals surface area contributed by atoms with Crippen LogP contribution in [0.1, 0.15) is 40.7 Å². The van der Waals surface area contributed by atoms with Gasteiger partial charge < -0.3 is 45.2 Å². The minimum atomic E-state index is -1.19. The molecule has 176 valence electrons. The van der Waals surface area contributed by atoms with Gasteiger partial charge in [-0.15, -0.1) is 0 Å². The number of ether oxygens (including phenoxy) is 2. The van der Waals surface area contributed by atoms with E-state index >= 15 is 0 Å². The third-order valence-corrected chi connectivity index (χ3v) is 6.13. The zero-order valence-corrected chi connectivity index (χ0v) is 17.5. The number of fused-ring (bicyclic) bond motifs is 3. The van der Waals surface area contributed by atoms with Crippen LogP contribution in [0, 0.1) is 0 Å². The largest absolute Gasteiger partial charge is 0.507 e. The summed E-state index contributed by atoms with van der Waals surface area (Å²) in [6.07, 6.45) is -2.49. The number of aliphatic hydroxyl groups is 1. The monoisotopic (exact) mass is 468 g/mol. The molecular formula is C24H20O10. The van der Waals surface area contributed by atoms with Gasteiger partial charge in [0, 0.05) is 35.1 Å². The van der Waals surface area contributed by atoms with Crippen LogP contribution >= 0.6 is 0 Å². The van der Waals surface area contributed by atoms with Crippen molar-refractivity contribution in [1.82, 2.24) is 0 Å². The number of carbonyl (C=O) groups excluding carboxylic acids is 1. The highest BCUT2D eigenvalue weighted by atomic mass is 16.5. The van der Waals surface area contributed by atoms with Crippen molar-refractivity contribution in [3.63, 3.8) is 0 Å². The van der Waals surface area contributed by atoms with Crippen LogP contribution in [-0.4, -0.2) is 47.8 Å². The third kappa shape index (κ3) is 3.35. The summed E-state index contributed by atoms with van der Waals surface area (Å²) in [4.78, 5) is 12.3. The SMILES string of the molecule is O=C1C[C@@H](c2ccc(O)c(O)c2)c2c(cc(O)c3c2O[C@@H](c2cc(O)c(O)c(O)c2)[C@@H](O)C3)O1. The Morgan fingerprint density at radius 3 is 2.12 bits per heavy atom. The minimum Gasteiger partial charge on any atom is -0.507 e. The van der Waals surface area contributed by atoms with Crippen molar-refractivity contribution in [2.75, 3.05) is 0 Å². The molecule has 0 amide bonds. The fourth-order valence-electron chi connectivity index (χ4n) is 4.50. The molecule has 3 aromatic carbocycles. The van der Waals surface area contributed by atoms with Gasteiger partial charge >= 0.3 is 5.97 Å². The Morgan fingerprint density at radius 2 is 1.44 bits per heavy atom.